The molecule has 0 bridgehead atoms. The molecule has 5 nitrogen and oxygen atoms in total. The van der Waals surface area contributed by atoms with Gasteiger partial charge in [0, 0.05) is 12.2 Å². The van der Waals surface area contributed by atoms with Crippen molar-refractivity contribution in [3.05, 3.63) is 29.6 Å². The lowest BCUT2D eigenvalue weighted by Gasteiger charge is -2.26. The SMILES string of the molecule is CCCC1(C(=O)Nc2ccc(C(=O)O)c(F)c2)CCNC1. The Kier molecular flexibility index (Phi) is 4.57. The van der Waals surface area contributed by atoms with Crippen LogP contribution in [0.1, 0.15) is 36.5 Å². The van der Waals surface area contributed by atoms with E-state index in [-0.39, 0.29) is 11.6 Å². The molecular weight excluding hydrogens is 275 g/mol. The van der Waals surface area contributed by atoms with E-state index in [4.69, 9.17) is 5.11 Å². The van der Waals surface area contributed by atoms with Crippen molar-refractivity contribution >= 4 is 17.6 Å². The average Bonchev–Trinajstić information content (AvgIpc) is 2.88. The summed E-state index contributed by atoms with van der Waals surface area (Å²) in [7, 11) is 0. The van der Waals surface area contributed by atoms with Crippen LogP contribution < -0.4 is 10.6 Å². The highest BCUT2D eigenvalue weighted by atomic mass is 19.1. The van der Waals surface area contributed by atoms with E-state index in [0.717, 1.165) is 37.9 Å². The number of amides is 1. The molecule has 1 saturated heterocycles. The van der Waals surface area contributed by atoms with Crippen LogP contribution >= 0.6 is 0 Å². The zero-order valence-electron chi connectivity index (χ0n) is 11.9. The van der Waals surface area contributed by atoms with E-state index >= 15 is 0 Å². The number of aromatic carboxylic acids is 1. The van der Waals surface area contributed by atoms with Crippen molar-refractivity contribution < 1.29 is 19.1 Å². The minimum atomic E-state index is -1.33. The topological polar surface area (TPSA) is 78.4 Å². The predicted molar refractivity (Wildman–Crippen MR) is 76.8 cm³/mol. The quantitative estimate of drug-likeness (QED) is 0.778. The first-order chi connectivity index (χ1) is 9.98. The number of hydrogen-bond acceptors (Lipinski definition) is 3. The first kappa shape index (κ1) is 15.4. The van der Waals surface area contributed by atoms with Gasteiger partial charge in [-0.25, -0.2) is 9.18 Å². The van der Waals surface area contributed by atoms with Gasteiger partial charge in [0.05, 0.1) is 11.0 Å². The molecule has 0 spiro atoms. The van der Waals surface area contributed by atoms with Gasteiger partial charge in [0.1, 0.15) is 5.82 Å². The van der Waals surface area contributed by atoms with Crippen molar-refractivity contribution in [2.75, 3.05) is 18.4 Å². The lowest BCUT2D eigenvalue weighted by Crippen LogP contribution is -2.38. The monoisotopic (exact) mass is 294 g/mol. The van der Waals surface area contributed by atoms with E-state index in [0.29, 0.717) is 6.54 Å². The summed E-state index contributed by atoms with van der Waals surface area (Å²) in [6.07, 6.45) is 2.41. The van der Waals surface area contributed by atoms with E-state index in [1.165, 1.54) is 6.07 Å². The van der Waals surface area contributed by atoms with E-state index in [1.807, 2.05) is 6.92 Å². The third-order valence-corrected chi connectivity index (χ3v) is 3.91. The number of carboxylic acid groups (broad SMARTS) is 1. The molecule has 1 aliphatic rings. The maximum Gasteiger partial charge on any atom is 0.338 e. The molecule has 1 atom stereocenters. The Bertz CT molecular complexity index is 554. The maximum absolute atomic E-state index is 13.6. The molecule has 1 aliphatic heterocycles. The number of carbonyl (C=O) groups is 2. The van der Waals surface area contributed by atoms with Gasteiger partial charge in [-0.05, 0) is 37.6 Å². The van der Waals surface area contributed by atoms with Crippen molar-refractivity contribution in [3.63, 3.8) is 0 Å². The average molecular weight is 294 g/mol. The highest BCUT2D eigenvalue weighted by Gasteiger charge is 2.40. The normalized spacial score (nSPS) is 21.2. The Hall–Kier alpha value is -1.95. The lowest BCUT2D eigenvalue weighted by molar-refractivity contribution is -0.125. The summed E-state index contributed by atoms with van der Waals surface area (Å²) < 4.78 is 13.6. The molecule has 0 saturated carbocycles. The maximum atomic E-state index is 13.6. The van der Waals surface area contributed by atoms with Crippen molar-refractivity contribution in [2.45, 2.75) is 26.2 Å². The standard InChI is InChI=1S/C15H19FN2O3/c1-2-5-15(6-7-17-9-15)14(21)18-10-3-4-11(13(19)20)12(16)8-10/h3-4,8,17H,2,5-7,9H2,1H3,(H,18,21)(H,19,20). The van der Waals surface area contributed by atoms with E-state index < -0.39 is 22.8 Å². The van der Waals surface area contributed by atoms with Gasteiger partial charge in [0.2, 0.25) is 5.91 Å². The lowest BCUT2D eigenvalue weighted by atomic mass is 9.81. The molecule has 1 aromatic rings. The van der Waals surface area contributed by atoms with Crippen LogP contribution in [0.5, 0.6) is 0 Å². The molecule has 0 aromatic heterocycles. The Morgan fingerprint density at radius 3 is 2.76 bits per heavy atom. The number of nitrogens with one attached hydrogen (secondary N) is 2. The van der Waals surface area contributed by atoms with Gasteiger partial charge in [-0.15, -0.1) is 0 Å². The third-order valence-electron chi connectivity index (χ3n) is 3.91. The van der Waals surface area contributed by atoms with Gasteiger partial charge in [0.25, 0.3) is 0 Å². The molecule has 1 fully saturated rings. The second-order valence-corrected chi connectivity index (χ2v) is 5.41. The number of halogens is 1. The van der Waals surface area contributed by atoms with Crippen molar-refractivity contribution in [2.24, 2.45) is 5.41 Å². The fourth-order valence-corrected chi connectivity index (χ4v) is 2.77. The summed E-state index contributed by atoms with van der Waals surface area (Å²) in [4.78, 5) is 23.2. The summed E-state index contributed by atoms with van der Waals surface area (Å²) in [5.41, 5.74) is -0.583. The van der Waals surface area contributed by atoms with Crippen molar-refractivity contribution in [1.29, 1.82) is 0 Å². The first-order valence-electron chi connectivity index (χ1n) is 7.03. The molecule has 1 amide bonds. The Balaban J connectivity index is 2.15. The Morgan fingerprint density at radius 2 is 2.24 bits per heavy atom. The Morgan fingerprint density at radius 1 is 1.48 bits per heavy atom. The van der Waals surface area contributed by atoms with Crippen LogP contribution in [0.15, 0.2) is 18.2 Å². The number of hydrogen-bond donors (Lipinski definition) is 3. The molecular formula is C15H19FN2O3. The van der Waals surface area contributed by atoms with E-state index in [9.17, 15) is 14.0 Å². The van der Waals surface area contributed by atoms with Gasteiger partial charge in [-0.2, -0.15) is 0 Å². The summed E-state index contributed by atoms with van der Waals surface area (Å²) in [6, 6.07) is 3.61. The molecule has 0 aliphatic carbocycles. The first-order valence-corrected chi connectivity index (χ1v) is 7.03. The number of anilines is 1. The second-order valence-electron chi connectivity index (χ2n) is 5.41. The summed E-state index contributed by atoms with van der Waals surface area (Å²) in [5.74, 6) is -2.32. The number of rotatable bonds is 5. The summed E-state index contributed by atoms with van der Waals surface area (Å²) in [5, 5.41) is 14.7. The molecule has 0 radical (unpaired) electrons. The van der Waals surface area contributed by atoms with Crippen LogP contribution in [0.25, 0.3) is 0 Å². The minimum absolute atomic E-state index is 0.142. The van der Waals surface area contributed by atoms with Gasteiger partial charge in [0.15, 0.2) is 0 Å². The molecule has 1 aromatic carbocycles. The van der Waals surface area contributed by atoms with E-state index in [2.05, 4.69) is 10.6 Å². The van der Waals surface area contributed by atoms with Crippen LogP contribution in [-0.2, 0) is 4.79 Å². The smallest absolute Gasteiger partial charge is 0.338 e. The summed E-state index contributed by atoms with van der Waals surface area (Å²) >= 11 is 0. The van der Waals surface area contributed by atoms with Crippen LogP contribution in [0.4, 0.5) is 10.1 Å². The fourth-order valence-electron chi connectivity index (χ4n) is 2.77. The van der Waals surface area contributed by atoms with Gasteiger partial charge in [-0.3, -0.25) is 4.79 Å². The fraction of sp³-hybridized carbons (Fsp3) is 0.467. The van der Waals surface area contributed by atoms with Gasteiger partial charge >= 0.3 is 5.97 Å². The molecule has 6 heteroatoms. The molecule has 1 unspecified atom stereocenters. The van der Waals surface area contributed by atoms with Gasteiger partial charge in [-0.1, -0.05) is 13.3 Å². The second kappa shape index (κ2) is 6.22. The highest BCUT2D eigenvalue weighted by Crippen LogP contribution is 2.32. The van der Waals surface area contributed by atoms with Crippen LogP contribution in [-0.4, -0.2) is 30.1 Å². The third kappa shape index (κ3) is 3.21. The highest BCUT2D eigenvalue weighted by molar-refractivity contribution is 5.96. The summed E-state index contributed by atoms with van der Waals surface area (Å²) in [6.45, 7) is 3.43. The zero-order valence-corrected chi connectivity index (χ0v) is 11.9. The van der Waals surface area contributed by atoms with Crippen LogP contribution in [0.2, 0.25) is 0 Å². The largest absolute Gasteiger partial charge is 0.478 e. The molecule has 114 valence electrons. The van der Waals surface area contributed by atoms with Gasteiger partial charge < -0.3 is 15.7 Å². The predicted octanol–water partition coefficient (Wildman–Crippen LogP) is 2.24. The van der Waals surface area contributed by atoms with Crippen LogP contribution in [0.3, 0.4) is 0 Å². The molecule has 3 N–H and O–H groups in total. The Labute approximate surface area is 122 Å². The van der Waals surface area contributed by atoms with Crippen LogP contribution in [0, 0.1) is 11.2 Å². The molecule has 2 rings (SSSR count). The van der Waals surface area contributed by atoms with Crippen molar-refractivity contribution in [3.8, 4) is 0 Å². The van der Waals surface area contributed by atoms with E-state index in [1.54, 1.807) is 0 Å². The number of carbonyl (C=O) groups excluding carboxylic acids is 1. The minimum Gasteiger partial charge on any atom is -0.478 e. The van der Waals surface area contributed by atoms with Crippen molar-refractivity contribution in [1.82, 2.24) is 5.32 Å². The number of benzene rings is 1. The number of carboxylic acids is 1. The molecule has 21 heavy (non-hydrogen) atoms. The zero-order chi connectivity index (χ0) is 15.5. The molecule has 1 heterocycles.